The van der Waals surface area contributed by atoms with Gasteiger partial charge >= 0.3 is 0 Å². The first-order valence-electron chi connectivity index (χ1n) is 9.28. The summed E-state index contributed by atoms with van der Waals surface area (Å²) in [6, 6.07) is 10.5. The Bertz CT molecular complexity index is 993. The molecule has 9 heteroatoms. The Morgan fingerprint density at radius 3 is 2.57 bits per heavy atom. The second kappa shape index (κ2) is 9.73. The highest BCUT2D eigenvalue weighted by molar-refractivity contribution is 8.15. The Balaban J connectivity index is 1.75. The van der Waals surface area contributed by atoms with Crippen molar-refractivity contribution in [2.75, 3.05) is 19.0 Å². The number of halogens is 2. The fourth-order valence-corrected chi connectivity index (χ4v) is 4.76. The number of methoxy groups -OCH3 is 1. The van der Waals surface area contributed by atoms with Gasteiger partial charge in [0.2, 0.25) is 11.8 Å². The molecule has 6 nitrogen and oxygen atoms in total. The topological polar surface area (TPSA) is 71.0 Å². The van der Waals surface area contributed by atoms with Crippen LogP contribution in [0.15, 0.2) is 41.4 Å². The van der Waals surface area contributed by atoms with Crippen molar-refractivity contribution in [3.8, 4) is 5.75 Å². The number of carbonyl (C=O) groups is 2. The van der Waals surface area contributed by atoms with Gasteiger partial charge in [0.25, 0.3) is 0 Å². The minimum Gasteiger partial charge on any atom is -0.495 e. The van der Waals surface area contributed by atoms with Crippen molar-refractivity contribution in [2.45, 2.75) is 25.5 Å². The third-order valence-electron chi connectivity index (χ3n) is 4.41. The lowest BCUT2D eigenvalue weighted by atomic mass is 10.2. The molecule has 0 aliphatic carbocycles. The smallest absolute Gasteiger partial charge is 0.242 e. The van der Waals surface area contributed by atoms with Gasteiger partial charge in [0.1, 0.15) is 11.0 Å². The number of amides is 2. The van der Waals surface area contributed by atoms with Crippen LogP contribution < -0.4 is 10.1 Å². The van der Waals surface area contributed by atoms with Crippen molar-refractivity contribution >= 4 is 63.3 Å². The van der Waals surface area contributed by atoms with Crippen LogP contribution in [-0.2, 0) is 9.59 Å². The molecule has 1 N–H and O–H groups in total. The lowest BCUT2D eigenvalue weighted by Crippen LogP contribution is -2.33. The van der Waals surface area contributed by atoms with E-state index in [2.05, 4.69) is 10.3 Å². The van der Waals surface area contributed by atoms with E-state index in [4.69, 9.17) is 27.9 Å². The fourth-order valence-electron chi connectivity index (χ4n) is 3.02. The summed E-state index contributed by atoms with van der Waals surface area (Å²) in [6.07, 6.45) is 0.0203. The molecule has 3 rings (SSSR count). The summed E-state index contributed by atoms with van der Waals surface area (Å²) < 4.78 is 5.29. The third-order valence-corrected chi connectivity index (χ3v) is 6.02. The van der Waals surface area contributed by atoms with Gasteiger partial charge in [-0.05, 0) is 49.7 Å². The second-order valence-electron chi connectivity index (χ2n) is 6.67. The van der Waals surface area contributed by atoms with E-state index in [-0.39, 0.29) is 18.2 Å². The van der Waals surface area contributed by atoms with Gasteiger partial charge in [-0.15, -0.1) is 0 Å². The number of hydrogen-bond donors (Lipinski definition) is 1. The predicted octanol–water partition coefficient (Wildman–Crippen LogP) is 5.29. The van der Waals surface area contributed by atoms with E-state index in [1.165, 1.54) is 11.8 Å². The van der Waals surface area contributed by atoms with E-state index in [9.17, 15) is 9.59 Å². The number of aliphatic imine (C=N–C) groups is 1. The third kappa shape index (κ3) is 5.28. The van der Waals surface area contributed by atoms with E-state index in [0.29, 0.717) is 38.9 Å². The number of nitrogens with one attached hydrogen (secondary N) is 1. The number of ether oxygens (including phenoxy) is 1. The van der Waals surface area contributed by atoms with Gasteiger partial charge in [-0.25, -0.2) is 4.99 Å². The molecule has 2 amide bonds. The van der Waals surface area contributed by atoms with Crippen LogP contribution in [0.5, 0.6) is 5.75 Å². The van der Waals surface area contributed by atoms with Crippen LogP contribution in [0.2, 0.25) is 10.0 Å². The van der Waals surface area contributed by atoms with E-state index in [1.54, 1.807) is 36.3 Å². The lowest BCUT2D eigenvalue weighted by molar-refractivity contribution is -0.128. The maximum absolute atomic E-state index is 12.8. The minimum atomic E-state index is -0.561. The van der Waals surface area contributed by atoms with Crippen molar-refractivity contribution in [2.24, 2.45) is 4.99 Å². The second-order valence-corrected chi connectivity index (χ2v) is 8.71. The first kappa shape index (κ1) is 22.5. The van der Waals surface area contributed by atoms with Crippen LogP contribution >= 0.6 is 35.0 Å². The quantitative estimate of drug-likeness (QED) is 0.628. The maximum atomic E-state index is 12.8. The molecule has 1 aliphatic rings. The Morgan fingerprint density at radius 2 is 1.93 bits per heavy atom. The number of amidine groups is 1. The first-order chi connectivity index (χ1) is 14.3. The predicted molar refractivity (Wildman–Crippen MR) is 123 cm³/mol. The molecule has 0 bridgehead atoms. The van der Waals surface area contributed by atoms with Gasteiger partial charge in [0, 0.05) is 23.0 Å². The zero-order valence-corrected chi connectivity index (χ0v) is 19.1. The molecule has 0 aromatic heterocycles. The summed E-state index contributed by atoms with van der Waals surface area (Å²) >= 11 is 13.3. The monoisotopic (exact) mass is 465 g/mol. The highest BCUT2D eigenvalue weighted by atomic mass is 35.5. The SMILES string of the molecule is CCN1C(=O)C(CC(=O)Nc2cc(C)ccc2OC)SC1=Nc1cc(Cl)cc(Cl)c1. The van der Waals surface area contributed by atoms with Crippen molar-refractivity contribution in [3.63, 3.8) is 0 Å². The zero-order valence-electron chi connectivity index (χ0n) is 16.7. The average Bonchev–Trinajstić information content (AvgIpc) is 2.95. The minimum absolute atomic E-state index is 0.0203. The normalized spacial score (nSPS) is 17.5. The number of carbonyl (C=O) groups excluding carboxylic acids is 2. The van der Waals surface area contributed by atoms with Crippen LogP contribution in [0.25, 0.3) is 0 Å². The summed E-state index contributed by atoms with van der Waals surface area (Å²) in [4.78, 5) is 31.5. The van der Waals surface area contributed by atoms with E-state index in [1.807, 2.05) is 26.0 Å². The average molecular weight is 466 g/mol. The van der Waals surface area contributed by atoms with Crippen LogP contribution in [0.4, 0.5) is 11.4 Å². The van der Waals surface area contributed by atoms with Crippen molar-refractivity contribution in [1.82, 2.24) is 4.90 Å². The first-order valence-corrected chi connectivity index (χ1v) is 10.9. The number of hydrogen-bond acceptors (Lipinski definition) is 5. The number of thioether (sulfide) groups is 1. The number of benzene rings is 2. The Kier molecular flexibility index (Phi) is 7.28. The maximum Gasteiger partial charge on any atom is 0.242 e. The summed E-state index contributed by atoms with van der Waals surface area (Å²) in [5, 5.41) is 3.72. The lowest BCUT2D eigenvalue weighted by Gasteiger charge is -2.14. The van der Waals surface area contributed by atoms with Gasteiger partial charge in [0.15, 0.2) is 5.17 Å². The Hall–Kier alpha value is -2.22. The molecule has 0 spiro atoms. The van der Waals surface area contributed by atoms with Crippen LogP contribution in [0.1, 0.15) is 18.9 Å². The molecule has 1 fully saturated rings. The molecule has 1 aliphatic heterocycles. The van der Waals surface area contributed by atoms with E-state index >= 15 is 0 Å². The fraction of sp³-hybridized carbons (Fsp3) is 0.286. The molecular formula is C21H21Cl2N3O3S. The standard InChI is InChI=1S/C21H21Cl2N3O3S/c1-4-26-20(28)18(30-21(26)24-15-9-13(22)8-14(23)10-15)11-19(27)25-16-7-12(2)5-6-17(16)29-3/h5-10,18H,4,11H2,1-3H3,(H,25,27). The van der Waals surface area contributed by atoms with Crippen molar-refractivity contribution in [3.05, 3.63) is 52.0 Å². The molecule has 1 unspecified atom stereocenters. The molecular weight excluding hydrogens is 445 g/mol. The highest BCUT2D eigenvalue weighted by Crippen LogP contribution is 2.33. The van der Waals surface area contributed by atoms with Crippen LogP contribution in [0, 0.1) is 6.92 Å². The molecule has 30 heavy (non-hydrogen) atoms. The van der Waals surface area contributed by atoms with E-state index in [0.717, 1.165) is 5.56 Å². The summed E-state index contributed by atoms with van der Waals surface area (Å²) in [7, 11) is 1.54. The summed E-state index contributed by atoms with van der Waals surface area (Å²) in [5.41, 5.74) is 2.12. The Morgan fingerprint density at radius 1 is 1.23 bits per heavy atom. The highest BCUT2D eigenvalue weighted by Gasteiger charge is 2.38. The van der Waals surface area contributed by atoms with Gasteiger partial charge in [0.05, 0.1) is 18.5 Å². The molecule has 0 radical (unpaired) electrons. The zero-order chi connectivity index (χ0) is 21.8. The molecule has 1 atom stereocenters. The Labute approximate surface area is 189 Å². The van der Waals surface area contributed by atoms with Gasteiger partial charge < -0.3 is 10.1 Å². The number of rotatable bonds is 6. The summed E-state index contributed by atoms with van der Waals surface area (Å²) in [6.45, 7) is 4.23. The summed E-state index contributed by atoms with van der Waals surface area (Å²) in [5.74, 6) is 0.142. The molecule has 2 aromatic carbocycles. The van der Waals surface area contributed by atoms with Crippen molar-refractivity contribution in [1.29, 1.82) is 0 Å². The molecule has 1 saturated heterocycles. The molecule has 1 heterocycles. The molecule has 158 valence electrons. The largest absolute Gasteiger partial charge is 0.495 e. The van der Waals surface area contributed by atoms with Gasteiger partial charge in [-0.2, -0.15) is 0 Å². The number of aryl methyl sites for hydroxylation is 1. The number of anilines is 1. The molecule has 2 aromatic rings. The van der Waals surface area contributed by atoms with Crippen LogP contribution in [-0.4, -0.2) is 40.8 Å². The van der Waals surface area contributed by atoms with Crippen molar-refractivity contribution < 1.29 is 14.3 Å². The van der Waals surface area contributed by atoms with Gasteiger partial charge in [-0.3, -0.25) is 14.5 Å². The number of nitrogens with zero attached hydrogens (tertiary/aromatic N) is 2. The van der Waals surface area contributed by atoms with Gasteiger partial charge in [-0.1, -0.05) is 41.0 Å². The molecule has 0 saturated carbocycles. The van der Waals surface area contributed by atoms with Crippen LogP contribution in [0.3, 0.4) is 0 Å². The van der Waals surface area contributed by atoms with E-state index < -0.39 is 5.25 Å².